The fourth-order valence-corrected chi connectivity index (χ4v) is 2.17. The first-order valence-electron chi connectivity index (χ1n) is 6.83. The molecule has 0 heterocycles. The van der Waals surface area contributed by atoms with E-state index in [4.69, 9.17) is 4.74 Å². The quantitative estimate of drug-likeness (QED) is 0.754. The minimum atomic E-state index is -0.424. The van der Waals surface area contributed by atoms with Gasteiger partial charge >= 0.3 is 6.09 Å². The lowest BCUT2D eigenvalue weighted by atomic mass is 9.82. The van der Waals surface area contributed by atoms with Crippen molar-refractivity contribution in [3.8, 4) is 0 Å². The highest BCUT2D eigenvalue weighted by Crippen LogP contribution is 2.33. The van der Waals surface area contributed by atoms with E-state index in [1.54, 1.807) is 0 Å². The van der Waals surface area contributed by atoms with Gasteiger partial charge in [-0.2, -0.15) is 0 Å². The molecule has 0 saturated carbocycles. The second kappa shape index (κ2) is 5.77. The average Bonchev–Trinajstić information content (AvgIpc) is 2.37. The molecular weight excluding hydrogens is 226 g/mol. The summed E-state index contributed by atoms with van der Waals surface area (Å²) in [7, 11) is 0. The second-order valence-corrected chi connectivity index (χ2v) is 6.76. The molecule has 1 aliphatic rings. The number of carbonyl (C=O) groups excluding carboxylic acids is 1. The summed E-state index contributed by atoms with van der Waals surface area (Å²) < 4.78 is 5.26. The van der Waals surface area contributed by atoms with Crippen molar-refractivity contribution in [3.05, 3.63) is 11.6 Å². The van der Waals surface area contributed by atoms with Gasteiger partial charge in [-0.15, -0.1) is 0 Å². The van der Waals surface area contributed by atoms with Gasteiger partial charge in [0.15, 0.2) is 0 Å². The van der Waals surface area contributed by atoms with Crippen molar-refractivity contribution in [1.82, 2.24) is 5.32 Å². The number of carbonyl (C=O) groups is 1. The molecular formula is C15H27NO2. The van der Waals surface area contributed by atoms with E-state index in [0.29, 0.717) is 6.54 Å². The molecule has 1 aliphatic carbocycles. The van der Waals surface area contributed by atoms with Crippen LogP contribution in [0, 0.1) is 5.41 Å². The predicted octanol–water partition coefficient (Wildman–Crippen LogP) is 4.04. The lowest BCUT2D eigenvalue weighted by Crippen LogP contribution is -2.39. The normalized spacial score (nSPS) is 25.1. The van der Waals surface area contributed by atoms with E-state index < -0.39 is 5.60 Å². The van der Waals surface area contributed by atoms with Crippen molar-refractivity contribution in [1.29, 1.82) is 0 Å². The number of hydrogen-bond acceptors (Lipinski definition) is 2. The first-order valence-corrected chi connectivity index (χ1v) is 6.83. The molecule has 1 N–H and O–H groups in total. The average molecular weight is 253 g/mol. The van der Waals surface area contributed by atoms with Gasteiger partial charge in [-0.05, 0) is 58.8 Å². The minimum Gasteiger partial charge on any atom is -0.444 e. The molecule has 0 aromatic heterocycles. The summed E-state index contributed by atoms with van der Waals surface area (Å²) in [6, 6.07) is 0. The zero-order chi connectivity index (χ0) is 13.8. The summed E-state index contributed by atoms with van der Waals surface area (Å²) in [5, 5.41) is 2.91. The number of rotatable bonds is 2. The Bertz CT molecular complexity index is 328. The standard InChI is InChI=1S/C15H27NO2/c1-12-7-6-9-15(5,10-8-12)11-16-13(17)18-14(2,3)4/h7H,6,8-11H2,1-5H3,(H,16,17). The van der Waals surface area contributed by atoms with Gasteiger partial charge in [0.1, 0.15) is 5.60 Å². The summed E-state index contributed by atoms with van der Waals surface area (Å²) in [6.07, 6.45) is 6.51. The Hall–Kier alpha value is -0.990. The zero-order valence-electron chi connectivity index (χ0n) is 12.4. The van der Waals surface area contributed by atoms with Gasteiger partial charge < -0.3 is 10.1 Å². The number of amides is 1. The fourth-order valence-electron chi connectivity index (χ4n) is 2.17. The van der Waals surface area contributed by atoms with Crippen LogP contribution in [0.25, 0.3) is 0 Å². The third-order valence-electron chi connectivity index (χ3n) is 3.42. The number of hydrogen-bond donors (Lipinski definition) is 1. The molecule has 0 radical (unpaired) electrons. The summed E-state index contributed by atoms with van der Waals surface area (Å²) in [5.41, 5.74) is 1.23. The maximum atomic E-state index is 11.6. The first-order chi connectivity index (χ1) is 8.20. The van der Waals surface area contributed by atoms with Crippen LogP contribution in [0.3, 0.4) is 0 Å². The van der Waals surface area contributed by atoms with Crippen molar-refractivity contribution in [2.45, 2.75) is 65.9 Å². The van der Waals surface area contributed by atoms with Crippen LogP contribution >= 0.6 is 0 Å². The third-order valence-corrected chi connectivity index (χ3v) is 3.42. The van der Waals surface area contributed by atoms with Crippen LogP contribution in [0.4, 0.5) is 4.79 Å². The lowest BCUT2D eigenvalue weighted by molar-refractivity contribution is 0.0498. The molecule has 18 heavy (non-hydrogen) atoms. The van der Waals surface area contributed by atoms with Crippen molar-refractivity contribution in [2.75, 3.05) is 6.54 Å². The zero-order valence-corrected chi connectivity index (χ0v) is 12.4. The molecule has 0 spiro atoms. The Labute approximate surface area is 111 Å². The molecule has 0 saturated heterocycles. The minimum absolute atomic E-state index is 0.186. The third kappa shape index (κ3) is 5.56. The van der Waals surface area contributed by atoms with Crippen LogP contribution in [0.2, 0.25) is 0 Å². The van der Waals surface area contributed by atoms with Crippen molar-refractivity contribution in [3.63, 3.8) is 0 Å². The number of ether oxygens (including phenoxy) is 1. The summed E-state index contributed by atoms with van der Waals surface area (Å²) in [4.78, 5) is 11.6. The van der Waals surface area contributed by atoms with Crippen molar-refractivity contribution >= 4 is 6.09 Å². The summed E-state index contributed by atoms with van der Waals surface area (Å²) in [6.45, 7) is 10.8. The molecule has 1 rings (SSSR count). The smallest absolute Gasteiger partial charge is 0.407 e. The summed E-state index contributed by atoms with van der Waals surface area (Å²) >= 11 is 0. The van der Waals surface area contributed by atoms with E-state index in [1.807, 2.05) is 20.8 Å². The van der Waals surface area contributed by atoms with Crippen LogP contribution in [-0.4, -0.2) is 18.2 Å². The van der Waals surface area contributed by atoms with E-state index in [1.165, 1.54) is 5.57 Å². The molecule has 1 atom stereocenters. The fraction of sp³-hybridized carbons (Fsp3) is 0.800. The van der Waals surface area contributed by atoms with Crippen molar-refractivity contribution < 1.29 is 9.53 Å². The van der Waals surface area contributed by atoms with Crippen LogP contribution in [0.5, 0.6) is 0 Å². The van der Waals surface area contributed by atoms with Crippen LogP contribution in [0.15, 0.2) is 11.6 Å². The monoisotopic (exact) mass is 253 g/mol. The molecule has 0 bridgehead atoms. The van der Waals surface area contributed by atoms with E-state index in [9.17, 15) is 4.79 Å². The Kier molecular flexibility index (Phi) is 4.83. The highest BCUT2D eigenvalue weighted by atomic mass is 16.6. The molecule has 1 unspecified atom stereocenters. The Morgan fingerprint density at radius 3 is 2.72 bits per heavy atom. The molecule has 0 fully saturated rings. The van der Waals surface area contributed by atoms with Crippen LogP contribution in [-0.2, 0) is 4.74 Å². The molecule has 0 aliphatic heterocycles. The second-order valence-electron chi connectivity index (χ2n) is 6.76. The Morgan fingerprint density at radius 1 is 1.44 bits per heavy atom. The maximum Gasteiger partial charge on any atom is 0.407 e. The maximum absolute atomic E-state index is 11.6. The lowest BCUT2D eigenvalue weighted by Gasteiger charge is -2.29. The van der Waals surface area contributed by atoms with Crippen molar-refractivity contribution in [2.24, 2.45) is 5.41 Å². The highest BCUT2D eigenvalue weighted by Gasteiger charge is 2.26. The van der Waals surface area contributed by atoms with E-state index >= 15 is 0 Å². The van der Waals surface area contributed by atoms with Crippen LogP contribution < -0.4 is 5.32 Å². The molecule has 3 heteroatoms. The van der Waals surface area contributed by atoms with Gasteiger partial charge in [0.2, 0.25) is 0 Å². The molecule has 1 amide bonds. The Morgan fingerprint density at radius 2 is 2.11 bits per heavy atom. The molecule has 104 valence electrons. The highest BCUT2D eigenvalue weighted by molar-refractivity contribution is 5.67. The van der Waals surface area contributed by atoms with Crippen LogP contribution in [0.1, 0.15) is 60.3 Å². The topological polar surface area (TPSA) is 38.3 Å². The first kappa shape index (κ1) is 15.1. The molecule has 3 nitrogen and oxygen atoms in total. The van der Waals surface area contributed by atoms with Gasteiger partial charge in [0.05, 0.1) is 0 Å². The Balaban J connectivity index is 2.40. The number of alkyl carbamates (subject to hydrolysis) is 1. The number of nitrogens with one attached hydrogen (secondary N) is 1. The van der Waals surface area contributed by atoms with Gasteiger partial charge in [0.25, 0.3) is 0 Å². The van der Waals surface area contributed by atoms with Gasteiger partial charge in [-0.25, -0.2) is 4.79 Å². The summed E-state index contributed by atoms with van der Waals surface area (Å²) in [5.74, 6) is 0. The van der Waals surface area contributed by atoms with E-state index in [-0.39, 0.29) is 11.5 Å². The predicted molar refractivity (Wildman–Crippen MR) is 74.6 cm³/mol. The van der Waals surface area contributed by atoms with E-state index in [0.717, 1.165) is 25.7 Å². The van der Waals surface area contributed by atoms with Gasteiger partial charge in [-0.3, -0.25) is 0 Å². The molecule has 0 aromatic carbocycles. The SMILES string of the molecule is CC1=CCCC(C)(CNC(=O)OC(C)(C)C)CC1. The number of allylic oxidation sites excluding steroid dienone is 2. The van der Waals surface area contributed by atoms with E-state index in [2.05, 4.69) is 25.2 Å². The molecule has 0 aromatic rings. The largest absolute Gasteiger partial charge is 0.444 e. The van der Waals surface area contributed by atoms with Gasteiger partial charge in [-0.1, -0.05) is 18.6 Å². The van der Waals surface area contributed by atoms with Gasteiger partial charge in [0, 0.05) is 6.54 Å².